The topological polar surface area (TPSA) is 35.5 Å². The number of nitrogens with one attached hydrogen (secondary N) is 1. The van der Waals surface area contributed by atoms with Crippen molar-refractivity contribution < 1.29 is 5.11 Å². The molecular weight excluding hydrogens is 456 g/mol. The number of rotatable bonds is 10. The van der Waals surface area contributed by atoms with Gasteiger partial charge in [0.15, 0.2) is 0 Å². The van der Waals surface area contributed by atoms with E-state index in [4.69, 9.17) is 0 Å². The smallest absolute Gasteiger partial charge is 0.0800 e. The second kappa shape index (κ2) is 10.8. The normalized spacial score (nSPS) is 13.1. The highest BCUT2D eigenvalue weighted by atomic mass is 79.9. The maximum atomic E-state index is 10.5. The highest BCUT2D eigenvalue weighted by Gasteiger charge is 2.20. The fourth-order valence-corrected chi connectivity index (χ4v) is 4.60. The fraction of sp³-hybridized carbons (Fsp3) is 0.360. The predicted octanol–water partition coefficient (Wildman–Crippen LogP) is 5.65. The Morgan fingerprint density at radius 3 is 2.40 bits per heavy atom. The molecule has 1 atom stereocenters. The molecule has 3 aromatic rings. The standard InChI is InChI=1S/C25H31BrN2OS/c1-25(2,15-20-8-11-21-6-4-5-7-22(21)14-20)27-16-24(29)17-28(3)30-18-19-9-12-23(26)13-10-19/h4-14,24,27,29H,15-18H2,1-3H3. The van der Waals surface area contributed by atoms with Crippen LogP contribution in [0.3, 0.4) is 0 Å². The van der Waals surface area contributed by atoms with Crippen molar-refractivity contribution >= 4 is 38.7 Å². The number of nitrogens with zero attached hydrogens (tertiary/aromatic N) is 1. The van der Waals surface area contributed by atoms with E-state index in [2.05, 4.69) is 106 Å². The van der Waals surface area contributed by atoms with Gasteiger partial charge in [0, 0.05) is 28.9 Å². The van der Waals surface area contributed by atoms with Crippen molar-refractivity contribution in [3.05, 3.63) is 82.3 Å². The molecule has 0 radical (unpaired) electrons. The SMILES string of the molecule is CN(CC(O)CNC(C)(C)Cc1ccc2ccccc2c1)SCc1ccc(Br)cc1. The quantitative estimate of drug-likeness (QED) is 0.362. The highest BCUT2D eigenvalue weighted by molar-refractivity contribution is 9.10. The molecule has 0 aliphatic carbocycles. The number of aliphatic hydroxyl groups excluding tert-OH is 1. The maximum absolute atomic E-state index is 10.5. The lowest BCUT2D eigenvalue weighted by molar-refractivity contribution is 0.142. The number of β-amino-alcohol motifs (C(OH)–C–C–N with tert-alkyl or cyclic N) is 1. The Balaban J connectivity index is 1.43. The van der Waals surface area contributed by atoms with E-state index in [1.807, 2.05) is 7.05 Å². The first-order valence-electron chi connectivity index (χ1n) is 10.3. The van der Waals surface area contributed by atoms with Gasteiger partial charge in [0.25, 0.3) is 0 Å². The van der Waals surface area contributed by atoms with Gasteiger partial charge in [0.05, 0.1) is 6.10 Å². The van der Waals surface area contributed by atoms with Crippen molar-refractivity contribution in [1.29, 1.82) is 0 Å². The third kappa shape index (κ3) is 7.40. The van der Waals surface area contributed by atoms with E-state index in [1.54, 1.807) is 11.9 Å². The summed E-state index contributed by atoms with van der Waals surface area (Å²) in [6.45, 7) is 5.59. The predicted molar refractivity (Wildman–Crippen MR) is 134 cm³/mol. The van der Waals surface area contributed by atoms with E-state index >= 15 is 0 Å². The van der Waals surface area contributed by atoms with Crippen LogP contribution in [0, 0.1) is 0 Å². The van der Waals surface area contributed by atoms with Gasteiger partial charge < -0.3 is 10.4 Å². The molecule has 3 aromatic carbocycles. The minimum atomic E-state index is -0.414. The molecule has 0 heterocycles. The lowest BCUT2D eigenvalue weighted by Crippen LogP contribution is -2.46. The van der Waals surface area contributed by atoms with Crippen LogP contribution in [0.25, 0.3) is 10.8 Å². The van der Waals surface area contributed by atoms with Crippen LogP contribution in [0.5, 0.6) is 0 Å². The molecule has 0 amide bonds. The molecule has 0 saturated carbocycles. The van der Waals surface area contributed by atoms with Crippen molar-refractivity contribution in [3.63, 3.8) is 0 Å². The summed E-state index contributed by atoms with van der Waals surface area (Å²) in [6.07, 6.45) is 0.502. The average molecular weight is 488 g/mol. The van der Waals surface area contributed by atoms with Crippen LogP contribution in [0.4, 0.5) is 0 Å². The molecule has 0 spiro atoms. The Labute approximate surface area is 193 Å². The number of likely N-dealkylation sites (N-methyl/N-ethyl adjacent to an activating group) is 1. The van der Waals surface area contributed by atoms with Crippen LogP contribution in [0.15, 0.2) is 71.2 Å². The van der Waals surface area contributed by atoms with Gasteiger partial charge >= 0.3 is 0 Å². The Kier molecular flexibility index (Phi) is 8.37. The number of benzene rings is 3. The van der Waals surface area contributed by atoms with Crippen molar-refractivity contribution in [2.45, 2.75) is 37.7 Å². The molecule has 0 aliphatic heterocycles. The first-order chi connectivity index (χ1) is 14.3. The van der Waals surface area contributed by atoms with Crippen LogP contribution in [0.2, 0.25) is 0 Å². The lowest BCUT2D eigenvalue weighted by atomic mass is 9.93. The first-order valence-corrected chi connectivity index (χ1v) is 12.0. The molecule has 2 N–H and O–H groups in total. The van der Waals surface area contributed by atoms with Crippen molar-refractivity contribution in [2.24, 2.45) is 0 Å². The monoisotopic (exact) mass is 486 g/mol. The van der Waals surface area contributed by atoms with E-state index in [0.29, 0.717) is 13.1 Å². The number of halogens is 1. The molecule has 3 nitrogen and oxygen atoms in total. The molecule has 30 heavy (non-hydrogen) atoms. The molecule has 160 valence electrons. The maximum Gasteiger partial charge on any atom is 0.0800 e. The highest BCUT2D eigenvalue weighted by Crippen LogP contribution is 2.20. The van der Waals surface area contributed by atoms with E-state index in [0.717, 1.165) is 16.6 Å². The van der Waals surface area contributed by atoms with Gasteiger partial charge in [-0.15, -0.1) is 0 Å². The van der Waals surface area contributed by atoms with Gasteiger partial charge in [-0.1, -0.05) is 82.5 Å². The second-order valence-electron chi connectivity index (χ2n) is 8.49. The summed E-state index contributed by atoms with van der Waals surface area (Å²) in [5.41, 5.74) is 2.49. The van der Waals surface area contributed by atoms with Crippen LogP contribution >= 0.6 is 27.9 Å². The molecule has 0 aromatic heterocycles. The van der Waals surface area contributed by atoms with Gasteiger partial charge in [-0.3, -0.25) is 4.31 Å². The number of hydrogen-bond donors (Lipinski definition) is 2. The molecule has 5 heteroatoms. The summed E-state index contributed by atoms with van der Waals surface area (Å²) in [4.78, 5) is 0. The lowest BCUT2D eigenvalue weighted by Gasteiger charge is -2.29. The van der Waals surface area contributed by atoms with Gasteiger partial charge in [0.2, 0.25) is 0 Å². The van der Waals surface area contributed by atoms with Crippen molar-refractivity contribution in [3.8, 4) is 0 Å². The number of fused-ring (bicyclic) bond motifs is 1. The third-order valence-electron chi connectivity index (χ3n) is 5.11. The summed E-state index contributed by atoms with van der Waals surface area (Å²) < 4.78 is 3.21. The molecule has 3 rings (SSSR count). The van der Waals surface area contributed by atoms with Crippen molar-refractivity contribution in [2.75, 3.05) is 20.1 Å². The molecular formula is C25H31BrN2OS. The summed E-state index contributed by atoms with van der Waals surface area (Å²) in [6, 6.07) is 23.5. The van der Waals surface area contributed by atoms with E-state index < -0.39 is 6.10 Å². The summed E-state index contributed by atoms with van der Waals surface area (Å²) >= 11 is 5.20. The van der Waals surface area contributed by atoms with E-state index in [9.17, 15) is 5.11 Å². The number of aliphatic hydroxyl groups is 1. The van der Waals surface area contributed by atoms with Gasteiger partial charge in [-0.2, -0.15) is 0 Å². The second-order valence-corrected chi connectivity index (χ2v) is 10.6. The fourth-order valence-electron chi connectivity index (χ4n) is 3.50. The van der Waals surface area contributed by atoms with Gasteiger partial charge in [0.1, 0.15) is 0 Å². The van der Waals surface area contributed by atoms with Gasteiger partial charge in [-0.05, 0) is 61.3 Å². The molecule has 0 aliphatic rings. The van der Waals surface area contributed by atoms with Crippen molar-refractivity contribution in [1.82, 2.24) is 9.62 Å². The Bertz CT molecular complexity index is 945. The minimum absolute atomic E-state index is 0.0907. The zero-order valence-electron chi connectivity index (χ0n) is 17.9. The molecule has 1 unspecified atom stereocenters. The summed E-state index contributed by atoms with van der Waals surface area (Å²) in [5.74, 6) is 0.900. The van der Waals surface area contributed by atoms with Crippen LogP contribution < -0.4 is 5.32 Å². The first kappa shape index (κ1) is 23.3. The zero-order chi connectivity index (χ0) is 21.6. The van der Waals surface area contributed by atoms with E-state index in [-0.39, 0.29) is 5.54 Å². The van der Waals surface area contributed by atoms with Crippen LogP contribution in [-0.4, -0.2) is 41.2 Å². The molecule has 0 bridgehead atoms. The largest absolute Gasteiger partial charge is 0.390 e. The van der Waals surface area contributed by atoms with E-state index in [1.165, 1.54) is 21.9 Å². The Morgan fingerprint density at radius 2 is 1.67 bits per heavy atom. The molecule has 0 fully saturated rings. The molecule has 0 saturated heterocycles. The summed E-state index contributed by atoms with van der Waals surface area (Å²) in [5, 5.41) is 16.6. The Morgan fingerprint density at radius 1 is 1.00 bits per heavy atom. The Hall–Kier alpha value is -1.37. The minimum Gasteiger partial charge on any atom is -0.390 e. The third-order valence-corrected chi connectivity index (χ3v) is 6.69. The van der Waals surface area contributed by atoms with Gasteiger partial charge in [-0.25, -0.2) is 0 Å². The number of hydrogen-bond acceptors (Lipinski definition) is 4. The summed E-state index contributed by atoms with van der Waals surface area (Å²) in [7, 11) is 2.03. The zero-order valence-corrected chi connectivity index (χ0v) is 20.3. The average Bonchev–Trinajstić information content (AvgIpc) is 2.72. The van der Waals surface area contributed by atoms with Crippen LogP contribution in [-0.2, 0) is 12.2 Å². The van der Waals surface area contributed by atoms with Crippen LogP contribution in [0.1, 0.15) is 25.0 Å².